The maximum absolute atomic E-state index is 12.2. The van der Waals surface area contributed by atoms with E-state index < -0.39 is 0 Å². The number of nitrogens with zero attached hydrogens (tertiary/aromatic N) is 1. The molecule has 0 bridgehead atoms. The maximum Gasteiger partial charge on any atom is 0.259 e. The zero-order valence-corrected chi connectivity index (χ0v) is 12.1. The quantitative estimate of drug-likeness (QED) is 0.887. The van der Waals surface area contributed by atoms with Crippen molar-refractivity contribution in [3.8, 4) is 0 Å². The van der Waals surface area contributed by atoms with E-state index in [4.69, 9.17) is 0 Å². The number of nitrogens with one attached hydrogen (secondary N) is 1. The highest BCUT2D eigenvalue weighted by Crippen LogP contribution is 2.10. The van der Waals surface area contributed by atoms with Crippen LogP contribution in [0.5, 0.6) is 0 Å². The van der Waals surface area contributed by atoms with Gasteiger partial charge in [-0.2, -0.15) is 11.8 Å². The fourth-order valence-corrected chi connectivity index (χ4v) is 2.64. The molecular weight excluding hydrogens is 248 g/mol. The molecule has 0 aliphatic heterocycles. The number of aromatic amines is 1. The van der Waals surface area contributed by atoms with Crippen molar-refractivity contribution in [3.05, 3.63) is 33.7 Å². The molecule has 1 heterocycles. The highest BCUT2D eigenvalue weighted by molar-refractivity contribution is 7.98. The summed E-state index contributed by atoms with van der Waals surface area (Å²) in [6, 6.07) is 1.62. The van der Waals surface area contributed by atoms with E-state index in [1.165, 1.54) is 12.3 Å². The average molecular weight is 268 g/mol. The van der Waals surface area contributed by atoms with Gasteiger partial charge in [0.25, 0.3) is 5.91 Å². The third-order valence-corrected chi connectivity index (χ3v) is 3.70. The van der Waals surface area contributed by atoms with Crippen molar-refractivity contribution >= 4 is 17.7 Å². The molecule has 1 rings (SSSR count). The molecule has 1 aromatic heterocycles. The Morgan fingerprint density at radius 1 is 1.56 bits per heavy atom. The largest absolute Gasteiger partial charge is 0.364 e. The minimum absolute atomic E-state index is 0.160. The molecule has 4 nitrogen and oxygen atoms in total. The predicted molar refractivity (Wildman–Crippen MR) is 76.4 cm³/mol. The number of carbonyl (C=O) groups excluding carboxylic acids is 1. The van der Waals surface area contributed by atoms with Gasteiger partial charge in [0.05, 0.1) is 0 Å². The molecule has 1 N–H and O–H groups in total. The molecule has 1 atom stereocenters. The number of aromatic nitrogens is 1. The summed E-state index contributed by atoms with van der Waals surface area (Å²) in [6.07, 6.45) is 4.40. The van der Waals surface area contributed by atoms with Gasteiger partial charge in [-0.1, -0.05) is 6.92 Å². The van der Waals surface area contributed by atoms with Crippen LogP contribution in [0.25, 0.3) is 0 Å². The van der Waals surface area contributed by atoms with Gasteiger partial charge in [-0.3, -0.25) is 9.59 Å². The summed E-state index contributed by atoms with van der Waals surface area (Å²) in [5.74, 6) is 0.667. The molecule has 0 fully saturated rings. The Bertz CT molecular complexity index is 470. The van der Waals surface area contributed by atoms with Crippen molar-refractivity contribution in [1.82, 2.24) is 9.88 Å². The number of thioether (sulfide) groups is 1. The molecular formula is C13H20N2O2S. The number of pyridine rings is 1. The molecule has 0 radical (unpaired) electrons. The summed E-state index contributed by atoms with van der Waals surface area (Å²) in [5, 5.41) is 0. The Balaban J connectivity index is 2.95. The Labute approximate surface area is 112 Å². The lowest BCUT2D eigenvalue weighted by atomic mass is 10.1. The number of H-pyrrole nitrogens is 1. The minimum atomic E-state index is -0.220. The number of hydrogen-bond donors (Lipinski definition) is 1. The normalized spacial score (nSPS) is 12.2. The van der Waals surface area contributed by atoms with E-state index in [1.807, 2.05) is 13.2 Å². The van der Waals surface area contributed by atoms with Crippen LogP contribution in [-0.4, -0.2) is 40.9 Å². The molecule has 0 aliphatic carbocycles. The second kappa shape index (κ2) is 6.64. The van der Waals surface area contributed by atoms with Crippen molar-refractivity contribution in [2.45, 2.75) is 26.3 Å². The van der Waals surface area contributed by atoms with Crippen molar-refractivity contribution in [1.29, 1.82) is 0 Å². The monoisotopic (exact) mass is 268 g/mol. The van der Waals surface area contributed by atoms with E-state index in [2.05, 4.69) is 4.98 Å². The summed E-state index contributed by atoms with van der Waals surface area (Å²) in [5.41, 5.74) is 0.750. The van der Waals surface area contributed by atoms with E-state index in [9.17, 15) is 9.59 Å². The number of amides is 1. The zero-order valence-electron chi connectivity index (χ0n) is 11.3. The molecule has 0 aliphatic rings. The summed E-state index contributed by atoms with van der Waals surface area (Å²) in [4.78, 5) is 28.6. The minimum Gasteiger partial charge on any atom is -0.364 e. The molecule has 1 unspecified atom stereocenters. The Morgan fingerprint density at radius 3 is 2.72 bits per heavy atom. The number of rotatable bonds is 5. The fourth-order valence-electron chi connectivity index (χ4n) is 1.79. The first-order valence-electron chi connectivity index (χ1n) is 5.96. The van der Waals surface area contributed by atoms with Crippen LogP contribution in [0.4, 0.5) is 0 Å². The predicted octanol–water partition coefficient (Wildman–Crippen LogP) is 1.90. The molecule has 1 amide bonds. The zero-order chi connectivity index (χ0) is 13.7. The number of carbonyl (C=O) groups is 1. The van der Waals surface area contributed by atoms with Gasteiger partial charge < -0.3 is 9.88 Å². The van der Waals surface area contributed by atoms with Crippen molar-refractivity contribution in [3.63, 3.8) is 0 Å². The van der Waals surface area contributed by atoms with Crippen LogP contribution in [-0.2, 0) is 0 Å². The standard InChI is InChI=1S/C13H20N2O2S/c1-5-10(8-18-4)15(3)13(17)11-7-14-9(2)6-12(11)16/h6-7,10H,5,8H2,1-4H3,(H,14,16). The Morgan fingerprint density at radius 2 is 2.22 bits per heavy atom. The fraction of sp³-hybridized carbons (Fsp3) is 0.538. The van der Waals surface area contributed by atoms with Gasteiger partial charge in [-0.15, -0.1) is 0 Å². The van der Waals surface area contributed by atoms with E-state index in [-0.39, 0.29) is 22.9 Å². The van der Waals surface area contributed by atoms with Gasteiger partial charge in [0, 0.05) is 36.8 Å². The molecule has 0 saturated heterocycles. The Hall–Kier alpha value is -1.23. The van der Waals surface area contributed by atoms with Gasteiger partial charge in [-0.25, -0.2) is 0 Å². The van der Waals surface area contributed by atoms with Crippen LogP contribution in [0, 0.1) is 6.92 Å². The third-order valence-electron chi connectivity index (χ3n) is 2.99. The lowest BCUT2D eigenvalue weighted by Crippen LogP contribution is -2.40. The Kier molecular flexibility index (Phi) is 5.47. The molecule has 18 heavy (non-hydrogen) atoms. The highest BCUT2D eigenvalue weighted by Gasteiger charge is 2.21. The molecule has 5 heteroatoms. The summed E-state index contributed by atoms with van der Waals surface area (Å²) in [7, 11) is 1.76. The summed E-state index contributed by atoms with van der Waals surface area (Å²) >= 11 is 1.70. The van der Waals surface area contributed by atoms with Crippen LogP contribution in [0.15, 0.2) is 17.1 Å². The van der Waals surface area contributed by atoms with Crippen molar-refractivity contribution in [2.75, 3.05) is 19.1 Å². The molecule has 0 spiro atoms. The SMILES string of the molecule is CCC(CSC)N(C)C(=O)c1c[nH]c(C)cc1=O. The van der Waals surface area contributed by atoms with Crippen LogP contribution < -0.4 is 5.43 Å². The second-order valence-electron chi connectivity index (χ2n) is 4.33. The van der Waals surface area contributed by atoms with E-state index in [1.54, 1.807) is 30.6 Å². The first kappa shape index (κ1) is 14.8. The van der Waals surface area contributed by atoms with Crippen molar-refractivity contribution in [2.24, 2.45) is 0 Å². The number of aryl methyl sites for hydroxylation is 1. The van der Waals surface area contributed by atoms with E-state index in [0.717, 1.165) is 17.9 Å². The molecule has 1 aromatic rings. The smallest absolute Gasteiger partial charge is 0.259 e. The summed E-state index contributed by atoms with van der Waals surface area (Å²) < 4.78 is 0. The van der Waals surface area contributed by atoms with E-state index in [0.29, 0.717) is 0 Å². The number of hydrogen-bond acceptors (Lipinski definition) is 3. The first-order chi connectivity index (χ1) is 8.51. The lowest BCUT2D eigenvalue weighted by Gasteiger charge is -2.26. The van der Waals surface area contributed by atoms with Crippen LogP contribution in [0.3, 0.4) is 0 Å². The van der Waals surface area contributed by atoms with Gasteiger partial charge in [0.1, 0.15) is 5.56 Å². The van der Waals surface area contributed by atoms with Crippen LogP contribution in [0.1, 0.15) is 29.4 Å². The van der Waals surface area contributed by atoms with Gasteiger partial charge in [-0.05, 0) is 19.6 Å². The van der Waals surface area contributed by atoms with Gasteiger partial charge >= 0.3 is 0 Å². The third kappa shape index (κ3) is 3.38. The van der Waals surface area contributed by atoms with Crippen molar-refractivity contribution < 1.29 is 4.79 Å². The molecule has 0 aromatic carbocycles. The van der Waals surface area contributed by atoms with Crippen LogP contribution in [0.2, 0.25) is 0 Å². The maximum atomic E-state index is 12.2. The highest BCUT2D eigenvalue weighted by atomic mass is 32.2. The topological polar surface area (TPSA) is 53.2 Å². The molecule has 100 valence electrons. The van der Waals surface area contributed by atoms with Crippen LogP contribution >= 0.6 is 11.8 Å². The average Bonchev–Trinajstić information content (AvgIpc) is 2.34. The van der Waals surface area contributed by atoms with Gasteiger partial charge in [0.2, 0.25) is 0 Å². The second-order valence-corrected chi connectivity index (χ2v) is 5.24. The first-order valence-corrected chi connectivity index (χ1v) is 7.36. The van der Waals surface area contributed by atoms with E-state index >= 15 is 0 Å². The molecule has 0 saturated carbocycles. The van der Waals surface area contributed by atoms with Gasteiger partial charge in [0.15, 0.2) is 5.43 Å². The lowest BCUT2D eigenvalue weighted by molar-refractivity contribution is 0.0742. The summed E-state index contributed by atoms with van der Waals surface area (Å²) in [6.45, 7) is 3.84.